The number of hydrogen-bond acceptors (Lipinski definition) is 3. The second-order valence-corrected chi connectivity index (χ2v) is 4.40. The van der Waals surface area contributed by atoms with Crippen LogP contribution in [0.15, 0.2) is 45.7 Å². The molecule has 88 valence electrons. The minimum absolute atomic E-state index is 0.146. The van der Waals surface area contributed by atoms with E-state index in [2.05, 4.69) is 20.9 Å². The van der Waals surface area contributed by atoms with E-state index < -0.39 is 0 Å². The van der Waals surface area contributed by atoms with Crippen molar-refractivity contribution in [2.75, 3.05) is 7.05 Å². The van der Waals surface area contributed by atoms with E-state index in [9.17, 15) is 4.79 Å². The lowest BCUT2D eigenvalue weighted by atomic mass is 10.2. The molecule has 0 unspecified atom stereocenters. The first-order valence-electron chi connectivity index (χ1n) is 5.06. The largest absolute Gasteiger partial charge is 0.444 e. The quantitative estimate of drug-likeness (QED) is 0.874. The predicted octanol–water partition coefficient (Wildman–Crippen LogP) is 2.71. The van der Waals surface area contributed by atoms with Crippen molar-refractivity contribution in [3.05, 3.63) is 52.7 Å². The molecule has 1 amide bonds. The molecule has 0 saturated carbocycles. The summed E-state index contributed by atoms with van der Waals surface area (Å²) in [6.07, 6.45) is 3.41. The molecule has 0 spiro atoms. The van der Waals surface area contributed by atoms with Crippen LogP contribution in [0.25, 0.3) is 0 Å². The number of aromatic nitrogens is 1. The summed E-state index contributed by atoms with van der Waals surface area (Å²) < 4.78 is 5.77. The Bertz CT molecular complexity index is 510. The average Bonchev–Trinajstić information content (AvgIpc) is 2.76. The van der Waals surface area contributed by atoms with Crippen molar-refractivity contribution in [3.8, 4) is 0 Å². The maximum atomic E-state index is 12.0. The van der Waals surface area contributed by atoms with Crippen LogP contribution in [-0.4, -0.2) is 22.8 Å². The van der Waals surface area contributed by atoms with Gasteiger partial charge in [0.15, 0.2) is 10.4 Å². The Morgan fingerprint density at radius 1 is 1.35 bits per heavy atom. The first-order chi connectivity index (χ1) is 8.16. The van der Waals surface area contributed by atoms with Crippen LogP contribution in [0.3, 0.4) is 0 Å². The molecule has 0 N–H and O–H groups in total. The summed E-state index contributed by atoms with van der Waals surface area (Å²) in [7, 11) is 1.74. The highest BCUT2D eigenvalue weighted by Crippen LogP contribution is 2.16. The van der Waals surface area contributed by atoms with Gasteiger partial charge in [0.2, 0.25) is 0 Å². The highest BCUT2D eigenvalue weighted by molar-refractivity contribution is 9.10. The Balaban J connectivity index is 2.06. The Morgan fingerprint density at radius 2 is 2.06 bits per heavy atom. The summed E-state index contributed by atoms with van der Waals surface area (Å²) in [5.74, 6) is 0.181. The number of furan rings is 1. The summed E-state index contributed by atoms with van der Waals surface area (Å²) in [5, 5.41) is 0. The van der Waals surface area contributed by atoms with Crippen molar-refractivity contribution in [3.63, 3.8) is 0 Å². The summed E-state index contributed by atoms with van der Waals surface area (Å²) in [5.41, 5.74) is 1.03. The van der Waals surface area contributed by atoms with Crippen molar-refractivity contribution in [1.82, 2.24) is 9.88 Å². The van der Waals surface area contributed by atoms with Gasteiger partial charge in [-0.2, -0.15) is 0 Å². The Hall–Kier alpha value is -1.62. The number of halogens is 1. The van der Waals surface area contributed by atoms with Gasteiger partial charge in [0.05, 0.1) is 0 Å². The number of carbonyl (C=O) groups excluding carboxylic acids is 1. The van der Waals surface area contributed by atoms with E-state index in [1.807, 2.05) is 12.1 Å². The third-order valence-corrected chi connectivity index (χ3v) is 2.73. The molecular weight excluding hydrogens is 284 g/mol. The summed E-state index contributed by atoms with van der Waals surface area (Å²) in [4.78, 5) is 17.5. The van der Waals surface area contributed by atoms with E-state index >= 15 is 0 Å². The van der Waals surface area contributed by atoms with Gasteiger partial charge in [-0.1, -0.05) is 0 Å². The summed E-state index contributed by atoms with van der Waals surface area (Å²) >= 11 is 3.17. The molecule has 0 aliphatic heterocycles. The topological polar surface area (TPSA) is 46.3 Å². The van der Waals surface area contributed by atoms with Crippen LogP contribution in [0, 0.1) is 0 Å². The van der Waals surface area contributed by atoms with Gasteiger partial charge < -0.3 is 9.32 Å². The minimum atomic E-state index is -0.146. The first-order valence-corrected chi connectivity index (χ1v) is 5.86. The van der Waals surface area contributed by atoms with Crippen molar-refractivity contribution in [2.24, 2.45) is 0 Å². The Kier molecular flexibility index (Phi) is 3.58. The molecule has 0 radical (unpaired) electrons. The van der Waals surface area contributed by atoms with E-state index in [-0.39, 0.29) is 5.91 Å². The van der Waals surface area contributed by atoms with Crippen LogP contribution in [0.5, 0.6) is 0 Å². The number of nitrogens with zero attached hydrogens (tertiary/aromatic N) is 2. The van der Waals surface area contributed by atoms with Crippen LogP contribution in [0.4, 0.5) is 0 Å². The van der Waals surface area contributed by atoms with Gasteiger partial charge in [-0.05, 0) is 45.8 Å². The number of hydrogen-bond donors (Lipinski definition) is 0. The molecule has 0 fully saturated rings. The Morgan fingerprint density at radius 3 is 2.65 bits per heavy atom. The first kappa shape index (κ1) is 11.9. The second kappa shape index (κ2) is 5.14. The van der Waals surface area contributed by atoms with Crippen LogP contribution in [0.2, 0.25) is 0 Å². The van der Waals surface area contributed by atoms with Gasteiger partial charge >= 0.3 is 0 Å². The van der Waals surface area contributed by atoms with E-state index in [4.69, 9.17) is 4.42 Å². The molecular formula is C12H11BrN2O2. The predicted molar refractivity (Wildman–Crippen MR) is 66.4 cm³/mol. The van der Waals surface area contributed by atoms with Crippen molar-refractivity contribution < 1.29 is 9.21 Å². The molecule has 17 heavy (non-hydrogen) atoms. The molecule has 2 aromatic heterocycles. The normalized spacial score (nSPS) is 10.2. The average molecular weight is 295 g/mol. The molecule has 0 aliphatic rings. The molecule has 4 nitrogen and oxygen atoms in total. The fraction of sp³-hybridized carbons (Fsp3) is 0.167. The monoisotopic (exact) mass is 294 g/mol. The molecule has 2 heterocycles. The smallest absolute Gasteiger partial charge is 0.289 e. The number of carbonyl (C=O) groups is 1. The van der Waals surface area contributed by atoms with Gasteiger partial charge in [0.1, 0.15) is 0 Å². The van der Waals surface area contributed by atoms with Gasteiger partial charge in [-0.3, -0.25) is 9.78 Å². The third-order valence-electron chi connectivity index (χ3n) is 2.30. The number of amides is 1. The van der Waals surface area contributed by atoms with Gasteiger partial charge in [-0.15, -0.1) is 0 Å². The van der Waals surface area contributed by atoms with Crippen molar-refractivity contribution in [1.29, 1.82) is 0 Å². The maximum Gasteiger partial charge on any atom is 0.289 e. The fourth-order valence-corrected chi connectivity index (χ4v) is 1.76. The zero-order valence-corrected chi connectivity index (χ0v) is 10.8. The van der Waals surface area contributed by atoms with E-state index in [1.165, 1.54) is 0 Å². The van der Waals surface area contributed by atoms with Gasteiger partial charge in [0, 0.05) is 26.0 Å². The molecule has 0 aliphatic carbocycles. The van der Waals surface area contributed by atoms with E-state index in [0.29, 0.717) is 17.0 Å². The van der Waals surface area contributed by atoms with Crippen molar-refractivity contribution >= 4 is 21.8 Å². The second-order valence-electron chi connectivity index (χ2n) is 3.62. The molecule has 0 atom stereocenters. The molecule has 2 aromatic rings. The van der Waals surface area contributed by atoms with Gasteiger partial charge in [-0.25, -0.2) is 0 Å². The fourth-order valence-electron chi connectivity index (χ4n) is 1.45. The van der Waals surface area contributed by atoms with Gasteiger partial charge in [0.25, 0.3) is 5.91 Å². The minimum Gasteiger partial charge on any atom is -0.444 e. The zero-order valence-electron chi connectivity index (χ0n) is 9.26. The molecule has 0 bridgehead atoms. The van der Waals surface area contributed by atoms with E-state index in [1.54, 1.807) is 36.5 Å². The SMILES string of the molecule is CN(Cc1ccncc1)C(=O)c1ccc(Br)o1. The van der Waals surface area contributed by atoms with Crippen molar-refractivity contribution in [2.45, 2.75) is 6.54 Å². The van der Waals surface area contributed by atoms with Crippen LogP contribution >= 0.6 is 15.9 Å². The van der Waals surface area contributed by atoms with Crippen LogP contribution < -0.4 is 0 Å². The lowest BCUT2D eigenvalue weighted by Crippen LogP contribution is -2.25. The zero-order chi connectivity index (χ0) is 12.3. The third kappa shape index (κ3) is 2.94. The van der Waals surface area contributed by atoms with Crippen LogP contribution in [0.1, 0.15) is 16.1 Å². The summed E-state index contributed by atoms with van der Waals surface area (Å²) in [6.45, 7) is 0.527. The maximum absolute atomic E-state index is 12.0. The van der Waals surface area contributed by atoms with E-state index in [0.717, 1.165) is 5.56 Å². The number of rotatable bonds is 3. The van der Waals surface area contributed by atoms with Crippen LogP contribution in [-0.2, 0) is 6.54 Å². The lowest BCUT2D eigenvalue weighted by molar-refractivity contribution is 0.0752. The number of pyridine rings is 1. The molecule has 5 heteroatoms. The molecule has 2 rings (SSSR count). The highest BCUT2D eigenvalue weighted by atomic mass is 79.9. The molecule has 0 aromatic carbocycles. The lowest BCUT2D eigenvalue weighted by Gasteiger charge is -2.15. The molecule has 0 saturated heterocycles. The Labute approximate surface area is 107 Å². The summed E-state index contributed by atoms with van der Waals surface area (Å²) in [6, 6.07) is 7.10. The standard InChI is InChI=1S/C12H11BrN2O2/c1-15(8-9-4-6-14-7-5-9)12(16)10-2-3-11(13)17-10/h2-7H,8H2,1H3. The highest BCUT2D eigenvalue weighted by Gasteiger charge is 2.15.